The fourth-order valence-corrected chi connectivity index (χ4v) is 7.28. The standard InChI is InChI=1S/C39H52N6O5S/c1-23(2)18-29-36(47)44-33(32(26-14-10-8-11-15-26)27-16-12-9-13-17-27)37(48)41-30(20-28-21-51-22-40-28)35(46)43-31(19-24(3)4)39(50)45(7)34(25(5)6)38(49)42-29/h8-17,21-25,29-34H,18-20H2,1-7H3,(H,41,48)(H,42,49)(H,43,46)(H,44,47)/t29-,30+,31+,33+,34-/m1/s1. The number of aromatic nitrogens is 1. The third kappa shape index (κ3) is 10.5. The van der Waals surface area contributed by atoms with Gasteiger partial charge in [0, 0.05) is 24.8 Å². The van der Waals surface area contributed by atoms with Crippen LogP contribution in [-0.4, -0.2) is 76.7 Å². The van der Waals surface area contributed by atoms with E-state index in [1.54, 1.807) is 17.9 Å². The third-order valence-corrected chi connectivity index (χ3v) is 9.72. The largest absolute Gasteiger partial charge is 0.342 e. The van der Waals surface area contributed by atoms with Gasteiger partial charge in [0.2, 0.25) is 29.5 Å². The number of hydrogen-bond donors (Lipinski definition) is 4. The van der Waals surface area contributed by atoms with Crippen molar-refractivity contribution in [2.45, 2.75) is 96.9 Å². The monoisotopic (exact) mass is 716 g/mol. The average Bonchev–Trinajstić information content (AvgIpc) is 3.60. The van der Waals surface area contributed by atoms with E-state index >= 15 is 0 Å². The van der Waals surface area contributed by atoms with Crippen molar-refractivity contribution in [3.63, 3.8) is 0 Å². The van der Waals surface area contributed by atoms with Gasteiger partial charge in [0.25, 0.3) is 0 Å². The van der Waals surface area contributed by atoms with Crippen molar-refractivity contribution in [3.8, 4) is 0 Å². The van der Waals surface area contributed by atoms with Gasteiger partial charge in [-0.3, -0.25) is 24.0 Å². The predicted molar refractivity (Wildman–Crippen MR) is 199 cm³/mol. The number of rotatable bonds is 10. The van der Waals surface area contributed by atoms with E-state index in [1.165, 1.54) is 16.2 Å². The fraction of sp³-hybridized carbons (Fsp3) is 0.487. The molecule has 274 valence electrons. The van der Waals surface area contributed by atoms with Crippen molar-refractivity contribution in [1.82, 2.24) is 31.2 Å². The van der Waals surface area contributed by atoms with Gasteiger partial charge in [-0.1, -0.05) is 102 Å². The lowest BCUT2D eigenvalue weighted by Gasteiger charge is -2.35. The third-order valence-electron chi connectivity index (χ3n) is 9.09. The van der Waals surface area contributed by atoms with E-state index in [4.69, 9.17) is 0 Å². The van der Waals surface area contributed by atoms with Crippen molar-refractivity contribution >= 4 is 40.9 Å². The molecule has 5 atom stereocenters. The molecule has 3 aromatic rings. The minimum atomic E-state index is -1.19. The Balaban J connectivity index is 1.90. The number of amides is 5. The van der Waals surface area contributed by atoms with Crippen LogP contribution in [0.2, 0.25) is 0 Å². The van der Waals surface area contributed by atoms with Gasteiger partial charge in [-0.25, -0.2) is 4.98 Å². The van der Waals surface area contributed by atoms with Gasteiger partial charge in [-0.15, -0.1) is 11.3 Å². The topological polar surface area (TPSA) is 150 Å². The number of carbonyl (C=O) groups excluding carboxylic acids is 5. The smallest absolute Gasteiger partial charge is 0.245 e. The average molecular weight is 717 g/mol. The number of likely N-dealkylation sites (N-methyl/N-ethyl adjacent to an activating group) is 1. The van der Waals surface area contributed by atoms with Gasteiger partial charge in [0.15, 0.2) is 0 Å². The van der Waals surface area contributed by atoms with Gasteiger partial charge < -0.3 is 26.2 Å². The summed E-state index contributed by atoms with van der Waals surface area (Å²) in [5.41, 5.74) is 3.79. The first-order chi connectivity index (χ1) is 24.3. The lowest BCUT2D eigenvalue weighted by molar-refractivity contribution is -0.144. The summed E-state index contributed by atoms with van der Waals surface area (Å²) in [6.07, 6.45) is 0.659. The maximum Gasteiger partial charge on any atom is 0.245 e. The number of nitrogens with zero attached hydrogens (tertiary/aromatic N) is 2. The summed E-state index contributed by atoms with van der Waals surface area (Å²) >= 11 is 1.37. The Kier molecular flexibility index (Phi) is 13.9. The van der Waals surface area contributed by atoms with E-state index < -0.39 is 65.7 Å². The molecule has 2 heterocycles. The highest BCUT2D eigenvalue weighted by molar-refractivity contribution is 7.07. The summed E-state index contributed by atoms with van der Waals surface area (Å²) < 4.78 is 0. The second-order valence-electron chi connectivity index (χ2n) is 14.5. The highest BCUT2D eigenvalue weighted by atomic mass is 32.1. The number of nitrogens with one attached hydrogen (secondary N) is 4. The van der Waals surface area contributed by atoms with Gasteiger partial charge in [0.05, 0.1) is 11.2 Å². The number of hydrogen-bond acceptors (Lipinski definition) is 7. The van der Waals surface area contributed by atoms with Crippen LogP contribution in [0, 0.1) is 17.8 Å². The molecule has 0 saturated carbocycles. The summed E-state index contributed by atoms with van der Waals surface area (Å²) in [6.45, 7) is 11.5. The number of carbonyl (C=O) groups is 5. The second-order valence-corrected chi connectivity index (χ2v) is 15.3. The lowest BCUT2D eigenvalue weighted by Crippen LogP contribution is -2.59. The highest BCUT2D eigenvalue weighted by Gasteiger charge is 2.40. The molecular formula is C39H52N6O5S. The molecule has 12 heteroatoms. The van der Waals surface area contributed by atoms with E-state index in [2.05, 4.69) is 26.3 Å². The van der Waals surface area contributed by atoms with E-state index in [0.29, 0.717) is 12.1 Å². The molecule has 1 aliphatic rings. The van der Waals surface area contributed by atoms with Crippen LogP contribution in [0.1, 0.15) is 77.1 Å². The van der Waals surface area contributed by atoms with Crippen LogP contribution in [0.4, 0.5) is 0 Å². The van der Waals surface area contributed by atoms with Crippen LogP contribution in [0.25, 0.3) is 0 Å². The Bertz CT molecular complexity index is 1580. The normalized spacial score (nSPS) is 22.8. The van der Waals surface area contributed by atoms with Crippen LogP contribution < -0.4 is 21.3 Å². The summed E-state index contributed by atoms with van der Waals surface area (Å²) in [5.74, 6) is -3.58. The molecule has 4 N–H and O–H groups in total. The van der Waals surface area contributed by atoms with Crippen molar-refractivity contribution in [2.75, 3.05) is 7.05 Å². The molecule has 1 aromatic heterocycles. The zero-order chi connectivity index (χ0) is 37.2. The first-order valence-electron chi connectivity index (χ1n) is 17.7. The van der Waals surface area contributed by atoms with Gasteiger partial charge in [0.1, 0.15) is 30.2 Å². The Labute approximate surface area is 305 Å². The molecular weight excluding hydrogens is 665 g/mol. The molecule has 1 aliphatic heterocycles. The number of thiazole rings is 1. The summed E-state index contributed by atoms with van der Waals surface area (Å²) in [5, 5.41) is 13.6. The maximum absolute atomic E-state index is 14.7. The Morgan fingerprint density at radius 1 is 0.667 bits per heavy atom. The van der Waals surface area contributed by atoms with Crippen molar-refractivity contribution in [1.29, 1.82) is 0 Å². The minimum absolute atomic E-state index is 0.00560. The Hall–Kier alpha value is -4.58. The molecule has 11 nitrogen and oxygen atoms in total. The van der Waals surface area contributed by atoms with Crippen LogP contribution in [0.15, 0.2) is 71.6 Å². The van der Waals surface area contributed by atoms with E-state index in [-0.39, 0.29) is 30.6 Å². The Morgan fingerprint density at radius 2 is 1.18 bits per heavy atom. The zero-order valence-electron chi connectivity index (χ0n) is 30.6. The molecule has 0 unspecified atom stereocenters. The van der Waals surface area contributed by atoms with E-state index in [1.807, 2.05) is 102 Å². The van der Waals surface area contributed by atoms with Crippen LogP contribution >= 0.6 is 11.3 Å². The molecule has 0 aliphatic carbocycles. The molecule has 1 fully saturated rings. The number of benzene rings is 2. The van der Waals surface area contributed by atoms with Crippen LogP contribution in [0.5, 0.6) is 0 Å². The molecule has 4 rings (SSSR count). The fourth-order valence-electron chi connectivity index (χ4n) is 6.70. The predicted octanol–water partition coefficient (Wildman–Crippen LogP) is 4.05. The second kappa shape index (κ2) is 18.1. The van der Waals surface area contributed by atoms with Gasteiger partial charge in [-0.2, -0.15) is 0 Å². The van der Waals surface area contributed by atoms with Gasteiger partial charge in [-0.05, 0) is 41.7 Å². The molecule has 1 saturated heterocycles. The molecule has 2 aromatic carbocycles. The van der Waals surface area contributed by atoms with Crippen molar-refractivity contribution in [2.24, 2.45) is 17.8 Å². The summed E-state index contributed by atoms with van der Waals surface area (Å²) in [7, 11) is 1.55. The first-order valence-corrected chi connectivity index (χ1v) is 18.7. The maximum atomic E-state index is 14.7. The van der Waals surface area contributed by atoms with Crippen molar-refractivity contribution < 1.29 is 24.0 Å². The zero-order valence-corrected chi connectivity index (χ0v) is 31.4. The summed E-state index contributed by atoms with van der Waals surface area (Å²) in [4.78, 5) is 77.2. The lowest BCUT2D eigenvalue weighted by atomic mass is 9.84. The minimum Gasteiger partial charge on any atom is -0.342 e. The molecule has 0 spiro atoms. The van der Waals surface area contributed by atoms with E-state index in [9.17, 15) is 24.0 Å². The first kappa shape index (κ1) is 39.2. The van der Waals surface area contributed by atoms with Crippen LogP contribution in [-0.2, 0) is 30.4 Å². The Morgan fingerprint density at radius 3 is 1.69 bits per heavy atom. The molecule has 5 amide bonds. The quantitative estimate of drug-likeness (QED) is 0.249. The van der Waals surface area contributed by atoms with Crippen molar-refractivity contribution in [3.05, 3.63) is 88.4 Å². The summed E-state index contributed by atoms with van der Waals surface area (Å²) in [6, 6.07) is 13.6. The molecule has 51 heavy (non-hydrogen) atoms. The van der Waals surface area contributed by atoms with E-state index in [0.717, 1.165) is 11.1 Å². The van der Waals surface area contributed by atoms with Gasteiger partial charge >= 0.3 is 0 Å². The van der Waals surface area contributed by atoms with Crippen LogP contribution in [0.3, 0.4) is 0 Å². The molecule has 0 bridgehead atoms. The molecule has 0 radical (unpaired) electrons. The highest BCUT2D eigenvalue weighted by Crippen LogP contribution is 2.29. The SMILES string of the molecule is CC(C)C[C@@H]1NC(=O)[C@H](Cc2cscn2)NC(=O)[C@H](C(c2ccccc2)c2ccccc2)NC(=O)[C@@H](CC(C)C)NC(=O)[C@@H](C(C)C)N(C)C1=O.